The number of hydrogen-bond donors (Lipinski definition) is 1. The van der Waals surface area contributed by atoms with Crippen LogP contribution in [0.25, 0.3) is 11.3 Å². The van der Waals surface area contributed by atoms with Gasteiger partial charge in [-0.15, -0.1) is 0 Å². The smallest absolute Gasteiger partial charge is 0.228 e. The van der Waals surface area contributed by atoms with Crippen LogP contribution < -0.4 is 4.74 Å². The second-order valence-electron chi connectivity index (χ2n) is 17.9. The molecule has 7 rings (SSSR count). The number of imidazole rings is 1. The summed E-state index contributed by atoms with van der Waals surface area (Å²) in [4.78, 5) is 70.1. The molecule has 0 spiro atoms. The van der Waals surface area contributed by atoms with Gasteiger partial charge in [0.2, 0.25) is 17.7 Å². The lowest BCUT2D eigenvalue weighted by Crippen LogP contribution is -2.52. The number of rotatable bonds is 12. The standard InChI is InChI=1S/C52H60Cl2N6O6/c1-34(37-11-7-6-8-12-37)45-28-50(63)60(35(2)47(62)26-40(33-61)51(64)57(4)43(31-56(3)52(45)65)25-36-13-18-41(53)19-14-36)30-39-15-20-42(54)27-48(39)66-44-21-16-38(17-22-44)46-29-55-49(58(46)5)32-59-23-9-10-24-59/h6-8,11-22,27,29,34-35,40,43,45,61H,9-10,23-26,28,30-33H2,1-5H3/t34-,35-,40-,43+,45-/m0/s1. The highest BCUT2D eigenvalue weighted by Gasteiger charge is 2.39. The Hall–Kier alpha value is -5.53. The minimum atomic E-state index is -1.08. The summed E-state index contributed by atoms with van der Waals surface area (Å²) >= 11 is 12.8. The van der Waals surface area contributed by atoms with Crippen LogP contribution in [-0.4, -0.2) is 110 Å². The zero-order valence-electron chi connectivity index (χ0n) is 38.4. The maximum absolute atomic E-state index is 15.0. The summed E-state index contributed by atoms with van der Waals surface area (Å²) in [6.45, 7) is 6.04. The molecule has 2 saturated heterocycles. The highest BCUT2D eigenvalue weighted by Crippen LogP contribution is 2.35. The molecule has 14 heteroatoms. The number of Topliss-reactive ketones (excluding diaryl/α,β-unsaturated/α-hetero) is 1. The van der Waals surface area contributed by atoms with Gasteiger partial charge in [-0.1, -0.05) is 78.7 Å². The Labute approximate surface area is 398 Å². The molecular formula is C52H60Cl2N6O6. The van der Waals surface area contributed by atoms with Gasteiger partial charge < -0.3 is 29.1 Å². The number of ketones is 1. The quantitative estimate of drug-likeness (QED) is 0.132. The van der Waals surface area contributed by atoms with E-state index in [1.54, 1.807) is 56.3 Å². The summed E-state index contributed by atoms with van der Waals surface area (Å²) in [6.07, 6.45) is 4.20. The van der Waals surface area contributed by atoms with Crippen LogP contribution >= 0.6 is 23.2 Å². The fourth-order valence-electron chi connectivity index (χ4n) is 9.17. The average molecular weight is 936 g/mol. The number of aromatic nitrogens is 2. The van der Waals surface area contributed by atoms with Crippen molar-refractivity contribution in [3.05, 3.63) is 136 Å². The van der Waals surface area contributed by atoms with E-state index < -0.39 is 48.1 Å². The maximum Gasteiger partial charge on any atom is 0.228 e. The average Bonchev–Trinajstić information content (AvgIpc) is 3.98. The van der Waals surface area contributed by atoms with Crippen molar-refractivity contribution in [2.24, 2.45) is 18.9 Å². The number of aliphatic hydroxyl groups is 1. The van der Waals surface area contributed by atoms with E-state index >= 15 is 0 Å². The first-order chi connectivity index (χ1) is 31.7. The zero-order chi connectivity index (χ0) is 47.1. The third kappa shape index (κ3) is 11.5. The number of likely N-dealkylation sites (tertiary alicyclic amines) is 1. The molecule has 348 valence electrons. The van der Waals surface area contributed by atoms with E-state index in [0.717, 1.165) is 47.8 Å². The SMILES string of the molecule is C[C@@H](c1ccccc1)[C@@H]1CC(=O)N(Cc2ccc(Cl)cc2Oc2ccc(-c3cnc(CN4CCCC4)n3C)cc2)[C@@H](C)C(=O)C[C@@H](CO)C(=O)N(C)[C@H](Cc2ccc(Cl)cc2)CN(C)C1=O. The first-order valence-electron chi connectivity index (χ1n) is 22.7. The predicted molar refractivity (Wildman–Crippen MR) is 257 cm³/mol. The van der Waals surface area contributed by atoms with Crippen molar-refractivity contribution in [3.63, 3.8) is 0 Å². The molecule has 5 atom stereocenters. The molecule has 5 aromatic rings. The van der Waals surface area contributed by atoms with Gasteiger partial charge in [-0.3, -0.25) is 24.1 Å². The number of benzene rings is 4. The highest BCUT2D eigenvalue weighted by molar-refractivity contribution is 6.31. The Balaban J connectivity index is 1.19. The van der Waals surface area contributed by atoms with Crippen molar-refractivity contribution in [2.75, 3.05) is 40.3 Å². The lowest BCUT2D eigenvalue weighted by molar-refractivity contribution is -0.148. The molecule has 1 aromatic heterocycles. The van der Waals surface area contributed by atoms with Crippen LogP contribution in [0.5, 0.6) is 11.5 Å². The molecule has 4 aromatic carbocycles. The maximum atomic E-state index is 15.0. The van der Waals surface area contributed by atoms with Crippen LogP contribution in [-0.2, 0) is 45.7 Å². The predicted octanol–water partition coefficient (Wildman–Crippen LogP) is 8.42. The van der Waals surface area contributed by atoms with Crippen LogP contribution in [0, 0.1) is 11.8 Å². The Morgan fingerprint density at radius 3 is 2.18 bits per heavy atom. The second kappa shape index (κ2) is 21.8. The van der Waals surface area contributed by atoms with Crippen LogP contribution in [0.4, 0.5) is 0 Å². The molecule has 0 bridgehead atoms. The van der Waals surface area contributed by atoms with Gasteiger partial charge >= 0.3 is 0 Å². The summed E-state index contributed by atoms with van der Waals surface area (Å²) in [5.41, 5.74) is 4.31. The molecule has 12 nitrogen and oxygen atoms in total. The lowest BCUT2D eigenvalue weighted by atomic mass is 9.83. The molecule has 0 saturated carbocycles. The number of hydrogen-bond acceptors (Lipinski definition) is 8. The Morgan fingerprint density at radius 2 is 1.50 bits per heavy atom. The minimum Gasteiger partial charge on any atom is -0.457 e. The van der Waals surface area contributed by atoms with Gasteiger partial charge in [-0.2, -0.15) is 0 Å². The molecule has 1 N–H and O–H groups in total. The molecule has 3 heterocycles. The number of amides is 3. The fraction of sp³-hybridized carbons (Fsp3) is 0.404. The number of carbonyl (C=O) groups is 4. The Kier molecular flexibility index (Phi) is 16.0. The van der Waals surface area contributed by atoms with Crippen molar-refractivity contribution in [2.45, 2.75) is 77.0 Å². The minimum absolute atomic E-state index is 0.0670. The summed E-state index contributed by atoms with van der Waals surface area (Å²) in [6, 6.07) is 28.1. The normalized spacial score (nSPS) is 21.1. The number of carbonyl (C=O) groups excluding carboxylic acids is 4. The lowest BCUT2D eigenvalue weighted by Gasteiger charge is -2.37. The van der Waals surface area contributed by atoms with Crippen molar-refractivity contribution in [1.29, 1.82) is 0 Å². The van der Waals surface area contributed by atoms with Crippen molar-refractivity contribution in [1.82, 2.24) is 29.2 Å². The Morgan fingerprint density at radius 1 is 0.818 bits per heavy atom. The monoisotopic (exact) mass is 934 g/mol. The highest BCUT2D eigenvalue weighted by atomic mass is 35.5. The van der Waals surface area contributed by atoms with Crippen molar-refractivity contribution >= 4 is 46.7 Å². The van der Waals surface area contributed by atoms with Gasteiger partial charge in [-0.25, -0.2) is 4.98 Å². The van der Waals surface area contributed by atoms with Crippen LogP contribution in [0.3, 0.4) is 0 Å². The van der Waals surface area contributed by atoms with E-state index in [4.69, 9.17) is 32.9 Å². The van der Waals surface area contributed by atoms with E-state index in [-0.39, 0.29) is 37.8 Å². The van der Waals surface area contributed by atoms with Crippen LogP contribution in [0.15, 0.2) is 103 Å². The Bertz CT molecular complexity index is 2480. The van der Waals surface area contributed by atoms with Gasteiger partial charge in [0.1, 0.15) is 17.3 Å². The summed E-state index contributed by atoms with van der Waals surface area (Å²) in [7, 11) is 5.37. The van der Waals surface area contributed by atoms with E-state index in [2.05, 4.69) is 9.47 Å². The largest absolute Gasteiger partial charge is 0.457 e. The van der Waals surface area contributed by atoms with E-state index in [1.807, 2.05) is 86.9 Å². The van der Waals surface area contributed by atoms with E-state index in [1.165, 1.54) is 22.6 Å². The summed E-state index contributed by atoms with van der Waals surface area (Å²) in [5.74, 6) is -1.90. The number of aliphatic hydroxyl groups excluding tert-OH is 1. The first-order valence-corrected chi connectivity index (χ1v) is 23.5. The van der Waals surface area contributed by atoms with Crippen molar-refractivity contribution in [3.8, 4) is 22.8 Å². The number of likely N-dealkylation sites (N-methyl/N-ethyl adjacent to an activating group) is 2. The zero-order valence-corrected chi connectivity index (χ0v) is 39.9. The summed E-state index contributed by atoms with van der Waals surface area (Å²) in [5, 5.41) is 11.6. The van der Waals surface area contributed by atoms with Gasteiger partial charge in [0, 0.05) is 61.7 Å². The summed E-state index contributed by atoms with van der Waals surface area (Å²) < 4.78 is 8.61. The molecule has 66 heavy (non-hydrogen) atoms. The van der Waals surface area contributed by atoms with Gasteiger partial charge in [0.15, 0.2) is 5.78 Å². The van der Waals surface area contributed by atoms with E-state index in [0.29, 0.717) is 33.5 Å². The molecule has 3 amide bonds. The topological polar surface area (TPSA) is 129 Å². The van der Waals surface area contributed by atoms with Gasteiger partial charge in [0.25, 0.3) is 0 Å². The third-order valence-corrected chi connectivity index (χ3v) is 13.9. The molecule has 2 aliphatic rings. The van der Waals surface area contributed by atoms with E-state index in [9.17, 15) is 24.3 Å². The van der Waals surface area contributed by atoms with Crippen molar-refractivity contribution < 1.29 is 29.0 Å². The molecular weight excluding hydrogens is 876 g/mol. The van der Waals surface area contributed by atoms with Crippen LogP contribution in [0.1, 0.15) is 68.0 Å². The number of nitrogens with zero attached hydrogens (tertiary/aromatic N) is 6. The molecule has 0 unspecified atom stereocenters. The number of ether oxygens (including phenoxy) is 1. The number of halogens is 2. The molecule has 2 fully saturated rings. The third-order valence-electron chi connectivity index (χ3n) is 13.4. The second-order valence-corrected chi connectivity index (χ2v) is 18.8. The molecule has 2 aliphatic heterocycles. The fourth-order valence-corrected chi connectivity index (χ4v) is 9.45. The first kappa shape index (κ1) is 48.4. The van der Waals surface area contributed by atoms with Crippen LogP contribution in [0.2, 0.25) is 10.0 Å². The molecule has 0 aliphatic carbocycles. The van der Waals surface area contributed by atoms with Gasteiger partial charge in [-0.05, 0) is 105 Å². The van der Waals surface area contributed by atoms with Gasteiger partial charge in [0.05, 0.1) is 55.5 Å². The molecule has 0 radical (unpaired) electrons.